The highest BCUT2D eigenvalue weighted by molar-refractivity contribution is 7.99. The van der Waals surface area contributed by atoms with Gasteiger partial charge < -0.3 is 10.5 Å². The molecule has 20 heavy (non-hydrogen) atoms. The lowest BCUT2D eigenvalue weighted by molar-refractivity contribution is 0.230. The molecule has 0 unspecified atom stereocenters. The number of nitrogens with two attached hydrogens (primary N) is 1. The Balaban J connectivity index is 2.34. The fourth-order valence-corrected chi connectivity index (χ4v) is 2.52. The standard InChI is InChI=1S/C15H15F2NOS/c1-9(2)19-13-8-15(12(18)7-11(13)17)20-14-6-4-3-5-10(14)16/h3-9H,18H2,1-2H3. The molecule has 0 aliphatic carbocycles. The van der Waals surface area contributed by atoms with Gasteiger partial charge in [0.05, 0.1) is 6.10 Å². The van der Waals surface area contributed by atoms with Crippen LogP contribution in [0, 0.1) is 11.6 Å². The maximum absolute atomic E-state index is 13.7. The van der Waals surface area contributed by atoms with Gasteiger partial charge in [-0.15, -0.1) is 0 Å². The molecule has 5 heteroatoms. The quantitative estimate of drug-likeness (QED) is 0.844. The Kier molecular flexibility index (Phi) is 4.49. The van der Waals surface area contributed by atoms with Crippen molar-refractivity contribution in [3.05, 3.63) is 48.0 Å². The molecule has 0 aromatic heterocycles. The van der Waals surface area contributed by atoms with Gasteiger partial charge in [0, 0.05) is 21.5 Å². The Morgan fingerprint density at radius 3 is 2.40 bits per heavy atom. The van der Waals surface area contributed by atoms with Gasteiger partial charge >= 0.3 is 0 Å². The summed E-state index contributed by atoms with van der Waals surface area (Å²) in [6, 6.07) is 9.05. The summed E-state index contributed by atoms with van der Waals surface area (Å²) < 4.78 is 32.7. The third-order valence-corrected chi connectivity index (χ3v) is 3.61. The molecule has 2 nitrogen and oxygen atoms in total. The van der Waals surface area contributed by atoms with E-state index in [2.05, 4.69) is 0 Å². The summed E-state index contributed by atoms with van der Waals surface area (Å²) in [5.41, 5.74) is 6.04. The first-order chi connectivity index (χ1) is 9.47. The zero-order chi connectivity index (χ0) is 14.7. The number of benzene rings is 2. The molecule has 2 aromatic carbocycles. The van der Waals surface area contributed by atoms with Crippen LogP contribution in [0.4, 0.5) is 14.5 Å². The van der Waals surface area contributed by atoms with Crippen LogP contribution in [-0.4, -0.2) is 6.10 Å². The van der Waals surface area contributed by atoms with Gasteiger partial charge in [0.25, 0.3) is 0 Å². The predicted molar refractivity (Wildman–Crippen MR) is 77.1 cm³/mol. The van der Waals surface area contributed by atoms with Gasteiger partial charge in [-0.2, -0.15) is 0 Å². The van der Waals surface area contributed by atoms with E-state index in [1.807, 2.05) is 0 Å². The minimum absolute atomic E-state index is 0.119. The number of rotatable bonds is 4. The van der Waals surface area contributed by atoms with E-state index in [9.17, 15) is 8.78 Å². The number of anilines is 1. The second-order valence-electron chi connectivity index (χ2n) is 4.52. The van der Waals surface area contributed by atoms with Crippen LogP contribution < -0.4 is 10.5 Å². The van der Waals surface area contributed by atoms with Crippen molar-refractivity contribution in [3.8, 4) is 5.75 Å². The summed E-state index contributed by atoms with van der Waals surface area (Å²) in [4.78, 5) is 0.994. The van der Waals surface area contributed by atoms with Gasteiger partial charge in [-0.25, -0.2) is 8.78 Å². The average Bonchev–Trinajstić information content (AvgIpc) is 2.37. The van der Waals surface area contributed by atoms with E-state index in [1.165, 1.54) is 18.2 Å². The molecule has 0 saturated carbocycles. The Bertz CT molecular complexity index is 617. The molecule has 0 aliphatic rings. The van der Waals surface area contributed by atoms with Crippen molar-refractivity contribution in [2.24, 2.45) is 0 Å². The van der Waals surface area contributed by atoms with Crippen molar-refractivity contribution < 1.29 is 13.5 Å². The van der Waals surface area contributed by atoms with Crippen molar-refractivity contribution in [1.82, 2.24) is 0 Å². The van der Waals surface area contributed by atoms with Gasteiger partial charge in [-0.05, 0) is 32.0 Å². The monoisotopic (exact) mass is 295 g/mol. The summed E-state index contributed by atoms with van der Waals surface area (Å²) in [5, 5.41) is 0. The first-order valence-electron chi connectivity index (χ1n) is 6.15. The van der Waals surface area contributed by atoms with Gasteiger partial charge in [0.1, 0.15) is 5.82 Å². The smallest absolute Gasteiger partial charge is 0.167 e. The van der Waals surface area contributed by atoms with Crippen LogP contribution in [0.3, 0.4) is 0 Å². The molecule has 0 radical (unpaired) electrons. The molecule has 0 saturated heterocycles. The molecule has 0 amide bonds. The minimum atomic E-state index is -0.519. The Labute approximate surface area is 120 Å². The molecule has 2 aromatic rings. The molecule has 0 heterocycles. The van der Waals surface area contributed by atoms with Crippen LogP contribution in [0.2, 0.25) is 0 Å². The van der Waals surface area contributed by atoms with E-state index in [1.54, 1.807) is 32.0 Å². The Morgan fingerprint density at radius 2 is 1.75 bits per heavy atom. The second-order valence-corrected chi connectivity index (χ2v) is 5.60. The maximum atomic E-state index is 13.7. The topological polar surface area (TPSA) is 35.2 Å². The highest BCUT2D eigenvalue weighted by atomic mass is 32.2. The number of hydrogen-bond acceptors (Lipinski definition) is 3. The average molecular weight is 295 g/mol. The highest BCUT2D eigenvalue weighted by Crippen LogP contribution is 2.37. The molecule has 0 spiro atoms. The fraction of sp³-hybridized carbons (Fsp3) is 0.200. The number of nitrogen functional groups attached to an aromatic ring is 1. The largest absolute Gasteiger partial charge is 0.488 e. The molecule has 0 bridgehead atoms. The molecular formula is C15H15F2NOS. The van der Waals surface area contributed by atoms with Gasteiger partial charge in [0.2, 0.25) is 0 Å². The minimum Gasteiger partial charge on any atom is -0.488 e. The molecule has 2 rings (SSSR count). The van der Waals surface area contributed by atoms with Gasteiger partial charge in [-0.3, -0.25) is 0 Å². The van der Waals surface area contributed by atoms with E-state index in [-0.39, 0.29) is 23.4 Å². The highest BCUT2D eigenvalue weighted by Gasteiger charge is 2.13. The SMILES string of the molecule is CC(C)Oc1cc(Sc2ccccc2F)c(N)cc1F. The maximum Gasteiger partial charge on any atom is 0.167 e. The summed E-state index contributed by atoms with van der Waals surface area (Å²) in [7, 11) is 0. The van der Waals surface area contributed by atoms with Gasteiger partial charge in [-0.1, -0.05) is 23.9 Å². The van der Waals surface area contributed by atoms with Crippen LogP contribution in [0.25, 0.3) is 0 Å². The molecular weight excluding hydrogens is 280 g/mol. The Hall–Kier alpha value is -1.75. The van der Waals surface area contributed by atoms with Crippen LogP contribution in [0.5, 0.6) is 5.75 Å². The normalized spacial score (nSPS) is 10.8. The van der Waals surface area contributed by atoms with Crippen molar-refractivity contribution in [2.45, 2.75) is 29.7 Å². The van der Waals surface area contributed by atoms with Crippen LogP contribution in [-0.2, 0) is 0 Å². The van der Waals surface area contributed by atoms with Gasteiger partial charge in [0.15, 0.2) is 11.6 Å². The van der Waals surface area contributed by atoms with E-state index in [0.717, 1.165) is 11.8 Å². The predicted octanol–water partition coefficient (Wildman–Crippen LogP) is 4.49. The molecule has 0 aliphatic heterocycles. The van der Waals surface area contributed by atoms with E-state index >= 15 is 0 Å². The zero-order valence-electron chi connectivity index (χ0n) is 11.2. The number of ether oxygens (including phenoxy) is 1. The lowest BCUT2D eigenvalue weighted by atomic mass is 10.3. The van der Waals surface area contributed by atoms with E-state index in [0.29, 0.717) is 9.79 Å². The zero-order valence-corrected chi connectivity index (χ0v) is 12.0. The van der Waals surface area contributed by atoms with Crippen molar-refractivity contribution in [1.29, 1.82) is 0 Å². The summed E-state index contributed by atoms with van der Waals surface area (Å²) in [5.74, 6) is -0.741. The lowest BCUT2D eigenvalue weighted by Gasteiger charge is -2.13. The Morgan fingerprint density at radius 1 is 1.05 bits per heavy atom. The summed E-state index contributed by atoms with van der Waals surface area (Å²) >= 11 is 1.14. The molecule has 0 atom stereocenters. The number of halogens is 2. The lowest BCUT2D eigenvalue weighted by Crippen LogP contribution is -2.07. The number of hydrogen-bond donors (Lipinski definition) is 1. The second kappa shape index (κ2) is 6.13. The molecule has 0 fully saturated rings. The summed E-state index contributed by atoms with van der Waals surface area (Å²) in [6.07, 6.45) is -0.153. The molecule has 2 N–H and O–H groups in total. The van der Waals surface area contributed by atoms with E-state index in [4.69, 9.17) is 10.5 Å². The van der Waals surface area contributed by atoms with Crippen molar-refractivity contribution >= 4 is 17.4 Å². The third kappa shape index (κ3) is 3.42. The van der Waals surface area contributed by atoms with Crippen molar-refractivity contribution in [3.63, 3.8) is 0 Å². The van der Waals surface area contributed by atoms with Crippen LogP contribution >= 0.6 is 11.8 Å². The van der Waals surface area contributed by atoms with Crippen LogP contribution in [0.15, 0.2) is 46.2 Å². The van der Waals surface area contributed by atoms with Crippen LogP contribution in [0.1, 0.15) is 13.8 Å². The molecule has 106 valence electrons. The first kappa shape index (κ1) is 14.7. The van der Waals surface area contributed by atoms with Crippen molar-refractivity contribution in [2.75, 3.05) is 5.73 Å². The summed E-state index contributed by atoms with van der Waals surface area (Å²) in [6.45, 7) is 3.61. The first-order valence-corrected chi connectivity index (χ1v) is 6.97. The van der Waals surface area contributed by atoms with E-state index < -0.39 is 5.82 Å². The fourth-order valence-electron chi connectivity index (χ4n) is 1.63. The third-order valence-electron chi connectivity index (χ3n) is 2.48.